The molecule has 2 nitrogen and oxygen atoms in total. The molecule has 94 valence electrons. The highest BCUT2D eigenvalue weighted by Crippen LogP contribution is 2.21. The third-order valence-corrected chi connectivity index (χ3v) is 2.84. The van der Waals surface area contributed by atoms with E-state index in [1.807, 2.05) is 24.3 Å². The average molecular weight is 245 g/mol. The van der Waals surface area contributed by atoms with Crippen molar-refractivity contribution in [1.29, 1.82) is 0 Å². The van der Waals surface area contributed by atoms with Crippen molar-refractivity contribution in [3.8, 4) is 11.1 Å². The van der Waals surface area contributed by atoms with Crippen LogP contribution in [0, 0.1) is 5.82 Å². The van der Waals surface area contributed by atoms with Crippen LogP contribution in [-0.2, 0) is 6.42 Å². The summed E-state index contributed by atoms with van der Waals surface area (Å²) in [6, 6.07) is 14.1. The van der Waals surface area contributed by atoms with Gasteiger partial charge in [0, 0.05) is 6.04 Å². The molecule has 0 amide bonds. The molecular weight excluding hydrogens is 229 g/mol. The molecule has 0 spiro atoms. The fourth-order valence-corrected chi connectivity index (χ4v) is 1.89. The summed E-state index contributed by atoms with van der Waals surface area (Å²) in [5.41, 5.74) is 8.78. The van der Waals surface area contributed by atoms with Gasteiger partial charge >= 0.3 is 0 Å². The lowest BCUT2D eigenvalue weighted by atomic mass is 10.00. The van der Waals surface area contributed by atoms with Crippen LogP contribution >= 0.6 is 0 Å². The van der Waals surface area contributed by atoms with Gasteiger partial charge in [0.25, 0.3) is 0 Å². The van der Waals surface area contributed by atoms with Gasteiger partial charge in [-0.2, -0.15) is 0 Å². The highest BCUT2D eigenvalue weighted by molar-refractivity contribution is 5.64. The molecule has 0 fully saturated rings. The summed E-state index contributed by atoms with van der Waals surface area (Å²) in [5, 5.41) is 8.95. The van der Waals surface area contributed by atoms with E-state index in [1.165, 1.54) is 12.1 Å². The number of aliphatic hydroxyl groups is 1. The molecular formula is C15H16FNO. The molecule has 0 heterocycles. The van der Waals surface area contributed by atoms with Gasteiger partial charge in [-0.1, -0.05) is 36.4 Å². The number of halogens is 1. The highest BCUT2D eigenvalue weighted by atomic mass is 19.1. The van der Waals surface area contributed by atoms with Crippen LogP contribution in [0.1, 0.15) is 5.56 Å². The number of hydrogen-bond donors (Lipinski definition) is 2. The van der Waals surface area contributed by atoms with Crippen molar-refractivity contribution >= 4 is 0 Å². The number of hydrogen-bond acceptors (Lipinski definition) is 2. The van der Waals surface area contributed by atoms with Crippen molar-refractivity contribution in [2.45, 2.75) is 12.5 Å². The Balaban J connectivity index is 2.24. The van der Waals surface area contributed by atoms with Gasteiger partial charge in [-0.3, -0.25) is 0 Å². The minimum absolute atomic E-state index is 0.0270. The largest absolute Gasteiger partial charge is 0.395 e. The van der Waals surface area contributed by atoms with Crippen LogP contribution in [0.3, 0.4) is 0 Å². The molecule has 2 aromatic rings. The predicted molar refractivity (Wildman–Crippen MR) is 70.6 cm³/mol. The molecule has 1 atom stereocenters. The Kier molecular flexibility index (Phi) is 4.07. The zero-order valence-corrected chi connectivity index (χ0v) is 10.0. The van der Waals surface area contributed by atoms with Crippen LogP contribution in [0.15, 0.2) is 48.5 Å². The molecule has 18 heavy (non-hydrogen) atoms. The van der Waals surface area contributed by atoms with Gasteiger partial charge in [0.05, 0.1) is 6.61 Å². The Bertz CT molecular complexity index is 510. The first kappa shape index (κ1) is 12.7. The average Bonchev–Trinajstić information content (AvgIpc) is 2.40. The van der Waals surface area contributed by atoms with Crippen LogP contribution in [-0.4, -0.2) is 17.8 Å². The molecule has 0 aromatic heterocycles. The lowest BCUT2D eigenvalue weighted by molar-refractivity contribution is 0.265. The summed E-state index contributed by atoms with van der Waals surface area (Å²) in [4.78, 5) is 0. The maximum Gasteiger partial charge on any atom is 0.123 e. The lowest BCUT2D eigenvalue weighted by Gasteiger charge is -2.09. The zero-order valence-electron chi connectivity index (χ0n) is 10.0. The minimum atomic E-state index is -0.242. The molecule has 0 bridgehead atoms. The first-order valence-electron chi connectivity index (χ1n) is 5.90. The van der Waals surface area contributed by atoms with Crippen molar-refractivity contribution in [3.05, 3.63) is 59.9 Å². The van der Waals surface area contributed by atoms with Gasteiger partial charge in [-0.05, 0) is 35.2 Å². The fourth-order valence-electron chi connectivity index (χ4n) is 1.89. The van der Waals surface area contributed by atoms with E-state index in [9.17, 15) is 4.39 Å². The van der Waals surface area contributed by atoms with Gasteiger partial charge in [0.15, 0.2) is 0 Å². The first-order chi connectivity index (χ1) is 8.69. The summed E-state index contributed by atoms with van der Waals surface area (Å²) < 4.78 is 12.9. The van der Waals surface area contributed by atoms with E-state index in [2.05, 4.69) is 0 Å². The Morgan fingerprint density at radius 3 is 2.44 bits per heavy atom. The molecule has 0 aliphatic heterocycles. The quantitative estimate of drug-likeness (QED) is 0.868. The number of rotatable bonds is 4. The van der Waals surface area contributed by atoms with Crippen LogP contribution in [0.5, 0.6) is 0 Å². The number of benzene rings is 2. The standard InChI is InChI=1S/C15H16FNO/c16-14-6-4-12(5-7-14)13-3-1-2-11(8-13)9-15(17)10-18/h1-8,15,18H,9-10,17H2. The number of nitrogens with two attached hydrogens (primary N) is 1. The van der Waals surface area contributed by atoms with Crippen molar-refractivity contribution < 1.29 is 9.50 Å². The summed E-state index contributed by atoms with van der Waals surface area (Å²) in [7, 11) is 0. The third kappa shape index (κ3) is 3.15. The van der Waals surface area contributed by atoms with Crippen LogP contribution in [0.2, 0.25) is 0 Å². The molecule has 0 saturated carbocycles. The topological polar surface area (TPSA) is 46.2 Å². The molecule has 0 aliphatic carbocycles. The molecule has 2 aromatic carbocycles. The minimum Gasteiger partial charge on any atom is -0.395 e. The van der Waals surface area contributed by atoms with E-state index >= 15 is 0 Å². The molecule has 3 N–H and O–H groups in total. The van der Waals surface area contributed by atoms with Gasteiger partial charge in [-0.25, -0.2) is 4.39 Å². The van der Waals surface area contributed by atoms with E-state index in [4.69, 9.17) is 10.8 Å². The molecule has 1 unspecified atom stereocenters. The highest BCUT2D eigenvalue weighted by Gasteiger charge is 2.04. The molecule has 2 rings (SSSR count). The van der Waals surface area contributed by atoms with Gasteiger partial charge < -0.3 is 10.8 Å². The SMILES string of the molecule is NC(CO)Cc1cccc(-c2ccc(F)cc2)c1. The van der Waals surface area contributed by atoms with E-state index in [0.29, 0.717) is 6.42 Å². The van der Waals surface area contributed by atoms with E-state index < -0.39 is 0 Å². The summed E-state index contributed by atoms with van der Waals surface area (Å²) in [6.07, 6.45) is 0.630. The second kappa shape index (κ2) is 5.76. The maximum absolute atomic E-state index is 12.9. The smallest absolute Gasteiger partial charge is 0.123 e. The van der Waals surface area contributed by atoms with Crippen molar-refractivity contribution in [3.63, 3.8) is 0 Å². The molecule has 0 radical (unpaired) electrons. The predicted octanol–water partition coefficient (Wildman–Crippen LogP) is 2.35. The lowest BCUT2D eigenvalue weighted by Crippen LogP contribution is -2.26. The van der Waals surface area contributed by atoms with Crippen LogP contribution in [0.25, 0.3) is 11.1 Å². The maximum atomic E-state index is 12.9. The van der Waals surface area contributed by atoms with Gasteiger partial charge in [-0.15, -0.1) is 0 Å². The Morgan fingerprint density at radius 1 is 1.06 bits per heavy atom. The van der Waals surface area contributed by atoms with Crippen molar-refractivity contribution in [1.82, 2.24) is 0 Å². The normalized spacial score (nSPS) is 12.4. The summed E-state index contributed by atoms with van der Waals surface area (Å²) in [6.45, 7) is -0.0270. The van der Waals surface area contributed by atoms with E-state index in [0.717, 1.165) is 16.7 Å². The molecule has 0 aliphatic rings. The summed E-state index contributed by atoms with van der Waals surface area (Å²) >= 11 is 0. The second-order valence-corrected chi connectivity index (χ2v) is 4.35. The third-order valence-electron chi connectivity index (χ3n) is 2.84. The first-order valence-corrected chi connectivity index (χ1v) is 5.90. The molecule has 3 heteroatoms. The van der Waals surface area contributed by atoms with E-state index in [-0.39, 0.29) is 18.5 Å². The van der Waals surface area contributed by atoms with Gasteiger partial charge in [0.1, 0.15) is 5.82 Å². The van der Waals surface area contributed by atoms with E-state index in [1.54, 1.807) is 12.1 Å². The van der Waals surface area contributed by atoms with Crippen LogP contribution in [0.4, 0.5) is 4.39 Å². The monoisotopic (exact) mass is 245 g/mol. The van der Waals surface area contributed by atoms with Crippen molar-refractivity contribution in [2.24, 2.45) is 5.73 Å². The summed E-state index contributed by atoms with van der Waals surface area (Å²) in [5.74, 6) is -0.239. The van der Waals surface area contributed by atoms with Gasteiger partial charge in [0.2, 0.25) is 0 Å². The fraction of sp³-hybridized carbons (Fsp3) is 0.200. The molecule has 0 saturated heterocycles. The Hall–Kier alpha value is -1.71. The Labute approximate surface area is 106 Å². The number of aliphatic hydroxyl groups excluding tert-OH is 1. The van der Waals surface area contributed by atoms with Crippen molar-refractivity contribution in [2.75, 3.05) is 6.61 Å². The second-order valence-electron chi connectivity index (χ2n) is 4.35. The van der Waals surface area contributed by atoms with Crippen LogP contribution < -0.4 is 5.73 Å². The Morgan fingerprint density at radius 2 is 1.78 bits per heavy atom. The zero-order chi connectivity index (χ0) is 13.0.